The van der Waals surface area contributed by atoms with Gasteiger partial charge in [0.2, 0.25) is 0 Å². The van der Waals surface area contributed by atoms with Gasteiger partial charge in [0, 0.05) is 10.2 Å². The number of rotatable bonds is 3. The fourth-order valence-corrected chi connectivity index (χ4v) is 2.89. The van der Waals surface area contributed by atoms with Gasteiger partial charge in [-0.25, -0.2) is 4.79 Å². The number of nitrogens with two attached hydrogens (primary N) is 1. The van der Waals surface area contributed by atoms with E-state index in [1.54, 1.807) is 6.07 Å². The van der Waals surface area contributed by atoms with Crippen molar-refractivity contribution in [2.45, 2.75) is 38.2 Å². The number of hydrogen-bond donors (Lipinski definition) is 2. The van der Waals surface area contributed by atoms with Crippen LogP contribution >= 0.6 is 15.9 Å². The predicted octanol–water partition coefficient (Wildman–Crippen LogP) is 3.88. The Morgan fingerprint density at radius 2 is 2.11 bits per heavy atom. The molecule has 1 aliphatic rings. The monoisotopic (exact) mass is 313 g/mol. The number of nitrogen functional groups attached to an aromatic ring is 1. The molecule has 98 valence electrons. The molecule has 0 radical (unpaired) electrons. The van der Waals surface area contributed by atoms with Crippen LogP contribution in [0.4, 0.5) is 10.5 Å². The normalized spacial score (nSPS) is 15.8. The minimum absolute atomic E-state index is 0.0681. The third-order valence-corrected chi connectivity index (χ3v) is 4.09. The van der Waals surface area contributed by atoms with Crippen LogP contribution in [0.3, 0.4) is 0 Å². The molecule has 18 heavy (non-hydrogen) atoms. The Balaban J connectivity index is 2.28. The Hall–Kier alpha value is -1.23. The zero-order valence-corrected chi connectivity index (χ0v) is 11.6. The molecule has 0 bridgehead atoms. The van der Waals surface area contributed by atoms with Gasteiger partial charge in [-0.15, -0.1) is 0 Å². The maximum atomic E-state index is 10.5. The first-order valence-electron chi connectivity index (χ1n) is 6.01. The van der Waals surface area contributed by atoms with Gasteiger partial charge in [0.05, 0.1) is 0 Å². The Labute approximate surface area is 114 Å². The van der Waals surface area contributed by atoms with Gasteiger partial charge in [0.25, 0.3) is 0 Å². The third kappa shape index (κ3) is 2.96. The van der Waals surface area contributed by atoms with Crippen molar-refractivity contribution < 1.29 is 14.6 Å². The van der Waals surface area contributed by atoms with Crippen molar-refractivity contribution in [1.29, 1.82) is 0 Å². The van der Waals surface area contributed by atoms with Crippen molar-refractivity contribution in [1.82, 2.24) is 0 Å². The largest absolute Gasteiger partial charge is 0.506 e. The molecule has 1 aromatic carbocycles. The fraction of sp³-hybridized carbons (Fsp3) is 0.462. The zero-order chi connectivity index (χ0) is 13.1. The number of benzene rings is 1. The second kappa shape index (κ2) is 5.61. The van der Waals surface area contributed by atoms with Crippen molar-refractivity contribution >= 4 is 27.8 Å². The van der Waals surface area contributed by atoms with Crippen LogP contribution in [0.5, 0.6) is 0 Å². The molecule has 2 rings (SSSR count). The van der Waals surface area contributed by atoms with Gasteiger partial charge in [-0.2, -0.15) is 0 Å². The van der Waals surface area contributed by atoms with Crippen molar-refractivity contribution in [2.24, 2.45) is 0 Å². The SMILES string of the molecule is Nc1cc(COC(=O)O)c(C2CCCC2)cc1Br. The summed E-state index contributed by atoms with van der Waals surface area (Å²) in [5.41, 5.74) is 8.50. The molecule has 0 saturated heterocycles. The Bertz CT molecular complexity index is 456. The highest BCUT2D eigenvalue weighted by Crippen LogP contribution is 2.38. The van der Waals surface area contributed by atoms with Crippen LogP contribution < -0.4 is 5.73 Å². The van der Waals surface area contributed by atoms with E-state index in [1.807, 2.05) is 6.07 Å². The van der Waals surface area contributed by atoms with Crippen LogP contribution in [0, 0.1) is 0 Å². The van der Waals surface area contributed by atoms with Gasteiger partial charge in [-0.05, 0) is 57.9 Å². The molecular weight excluding hydrogens is 298 g/mol. The number of hydrogen-bond acceptors (Lipinski definition) is 3. The smallest absolute Gasteiger partial charge is 0.450 e. The van der Waals surface area contributed by atoms with E-state index in [0.29, 0.717) is 11.6 Å². The van der Waals surface area contributed by atoms with Gasteiger partial charge in [0.1, 0.15) is 6.61 Å². The average molecular weight is 314 g/mol. The van der Waals surface area contributed by atoms with Crippen LogP contribution in [0.15, 0.2) is 16.6 Å². The van der Waals surface area contributed by atoms with Crippen molar-refractivity contribution in [3.05, 3.63) is 27.7 Å². The number of anilines is 1. The van der Waals surface area contributed by atoms with Crippen molar-refractivity contribution in [3.8, 4) is 0 Å². The Morgan fingerprint density at radius 1 is 1.44 bits per heavy atom. The lowest BCUT2D eigenvalue weighted by molar-refractivity contribution is 0.0851. The highest BCUT2D eigenvalue weighted by atomic mass is 79.9. The van der Waals surface area contributed by atoms with Crippen LogP contribution in [0.2, 0.25) is 0 Å². The molecule has 1 saturated carbocycles. The van der Waals surface area contributed by atoms with E-state index in [1.165, 1.54) is 12.8 Å². The van der Waals surface area contributed by atoms with E-state index in [9.17, 15) is 4.79 Å². The molecule has 1 fully saturated rings. The minimum atomic E-state index is -1.26. The quantitative estimate of drug-likeness (QED) is 0.656. The van der Waals surface area contributed by atoms with E-state index in [4.69, 9.17) is 10.8 Å². The Morgan fingerprint density at radius 3 is 2.72 bits per heavy atom. The van der Waals surface area contributed by atoms with Gasteiger partial charge < -0.3 is 15.6 Å². The first-order valence-corrected chi connectivity index (χ1v) is 6.80. The molecule has 1 aliphatic carbocycles. The van der Waals surface area contributed by atoms with Crippen molar-refractivity contribution in [2.75, 3.05) is 5.73 Å². The molecule has 0 aromatic heterocycles. The van der Waals surface area contributed by atoms with E-state index < -0.39 is 6.16 Å². The summed E-state index contributed by atoms with van der Waals surface area (Å²) in [6.45, 7) is 0.0681. The van der Waals surface area contributed by atoms with E-state index in [2.05, 4.69) is 20.7 Å². The average Bonchev–Trinajstić information content (AvgIpc) is 2.83. The lowest BCUT2D eigenvalue weighted by Gasteiger charge is -2.16. The summed E-state index contributed by atoms with van der Waals surface area (Å²) in [4.78, 5) is 10.5. The molecule has 5 heteroatoms. The van der Waals surface area contributed by atoms with Crippen LogP contribution in [0.25, 0.3) is 0 Å². The first kappa shape index (κ1) is 13.2. The molecule has 0 unspecified atom stereocenters. The van der Waals surface area contributed by atoms with E-state index in [0.717, 1.165) is 28.4 Å². The summed E-state index contributed by atoms with van der Waals surface area (Å²) >= 11 is 3.43. The number of ether oxygens (including phenoxy) is 1. The minimum Gasteiger partial charge on any atom is -0.450 e. The maximum absolute atomic E-state index is 10.5. The van der Waals surface area contributed by atoms with Gasteiger partial charge in [0.15, 0.2) is 0 Å². The molecule has 0 amide bonds. The molecule has 3 N–H and O–H groups in total. The number of carbonyl (C=O) groups is 1. The zero-order valence-electron chi connectivity index (χ0n) is 9.99. The topological polar surface area (TPSA) is 72.5 Å². The standard InChI is InChI=1S/C13H16BrNO3/c14-11-6-10(8-3-1-2-4-8)9(5-12(11)15)7-18-13(16)17/h5-6,8H,1-4,7,15H2,(H,16,17). The second-order valence-corrected chi connectivity index (χ2v) is 5.46. The molecular formula is C13H16BrNO3. The van der Waals surface area contributed by atoms with Crippen LogP contribution in [0.1, 0.15) is 42.7 Å². The molecule has 0 atom stereocenters. The second-order valence-electron chi connectivity index (χ2n) is 4.61. The highest BCUT2D eigenvalue weighted by Gasteiger charge is 2.21. The molecule has 1 aromatic rings. The summed E-state index contributed by atoms with van der Waals surface area (Å²) in [7, 11) is 0. The molecule has 4 nitrogen and oxygen atoms in total. The maximum Gasteiger partial charge on any atom is 0.506 e. The molecule has 0 aliphatic heterocycles. The van der Waals surface area contributed by atoms with E-state index in [-0.39, 0.29) is 6.61 Å². The summed E-state index contributed by atoms with van der Waals surface area (Å²) in [5.74, 6) is 0.495. The number of carboxylic acid groups (broad SMARTS) is 1. The summed E-state index contributed by atoms with van der Waals surface area (Å²) < 4.78 is 5.53. The lowest BCUT2D eigenvalue weighted by atomic mass is 9.93. The van der Waals surface area contributed by atoms with Gasteiger partial charge >= 0.3 is 6.16 Å². The van der Waals surface area contributed by atoms with Gasteiger partial charge in [-0.3, -0.25) is 0 Å². The van der Waals surface area contributed by atoms with Crippen LogP contribution in [-0.4, -0.2) is 11.3 Å². The summed E-state index contributed by atoms with van der Waals surface area (Å²) in [5, 5.41) is 8.59. The summed E-state index contributed by atoms with van der Waals surface area (Å²) in [6, 6.07) is 3.81. The fourth-order valence-electron chi connectivity index (χ4n) is 2.53. The molecule has 0 heterocycles. The summed E-state index contributed by atoms with van der Waals surface area (Å²) in [6.07, 6.45) is 3.50. The van der Waals surface area contributed by atoms with E-state index >= 15 is 0 Å². The molecule has 0 spiro atoms. The first-order chi connectivity index (χ1) is 8.58. The lowest BCUT2D eigenvalue weighted by Crippen LogP contribution is -2.06. The Kier molecular flexibility index (Phi) is 4.11. The highest BCUT2D eigenvalue weighted by molar-refractivity contribution is 9.10. The predicted molar refractivity (Wildman–Crippen MR) is 72.6 cm³/mol. The van der Waals surface area contributed by atoms with Gasteiger partial charge in [-0.1, -0.05) is 12.8 Å². The van der Waals surface area contributed by atoms with Crippen LogP contribution in [-0.2, 0) is 11.3 Å². The third-order valence-electron chi connectivity index (χ3n) is 3.40. The van der Waals surface area contributed by atoms with Crippen molar-refractivity contribution in [3.63, 3.8) is 0 Å². The number of halogens is 1.